The van der Waals surface area contributed by atoms with Crippen LogP contribution in [0.4, 0.5) is 5.69 Å². The van der Waals surface area contributed by atoms with Gasteiger partial charge in [0.1, 0.15) is 0 Å². The van der Waals surface area contributed by atoms with E-state index in [1.54, 1.807) is 24.3 Å². The molecule has 1 heterocycles. The fourth-order valence-electron chi connectivity index (χ4n) is 2.47. The van der Waals surface area contributed by atoms with Crippen molar-refractivity contribution in [3.05, 3.63) is 77.7 Å². The molecule has 0 fully saturated rings. The number of nitrogens with one attached hydrogen (secondary N) is 2. The van der Waals surface area contributed by atoms with Crippen LogP contribution in [0.2, 0.25) is 0 Å². The Balaban J connectivity index is 1.54. The van der Waals surface area contributed by atoms with Crippen LogP contribution in [-0.2, 0) is 4.79 Å². The van der Waals surface area contributed by atoms with Gasteiger partial charge < -0.3 is 19.2 Å². The van der Waals surface area contributed by atoms with E-state index >= 15 is 0 Å². The maximum absolute atomic E-state index is 12.0. The summed E-state index contributed by atoms with van der Waals surface area (Å²) in [5, 5.41) is 6.95. The van der Waals surface area contributed by atoms with Crippen molar-refractivity contribution in [1.82, 2.24) is 5.43 Å². The molecule has 0 bridgehead atoms. The number of rotatable bonds is 8. The molecule has 0 unspecified atom stereocenters. The van der Waals surface area contributed by atoms with Gasteiger partial charge in [0, 0.05) is 5.69 Å². The molecule has 0 radical (unpaired) electrons. The third-order valence-corrected chi connectivity index (χ3v) is 4.02. The summed E-state index contributed by atoms with van der Waals surface area (Å²) in [5.41, 5.74) is 5.09. The molecule has 8 heteroatoms. The topological polar surface area (TPSA) is 102 Å². The van der Waals surface area contributed by atoms with E-state index in [4.69, 9.17) is 13.9 Å². The Hall–Kier alpha value is -4.07. The van der Waals surface area contributed by atoms with Crippen LogP contribution in [0.15, 0.2) is 70.4 Å². The van der Waals surface area contributed by atoms with Crippen molar-refractivity contribution in [3.8, 4) is 11.5 Å². The number of methoxy groups -OCH3 is 1. The van der Waals surface area contributed by atoms with Crippen LogP contribution in [0.25, 0.3) is 0 Å². The minimum absolute atomic E-state index is 0.0876. The van der Waals surface area contributed by atoms with Gasteiger partial charge in [0.25, 0.3) is 5.91 Å². The highest BCUT2D eigenvalue weighted by molar-refractivity contribution is 5.89. The molecule has 3 rings (SSSR count). The maximum Gasteiger partial charge on any atom is 0.379 e. The number of ether oxygens (including phenoxy) is 2. The molecule has 2 aromatic carbocycles. The zero-order valence-electron chi connectivity index (χ0n) is 16.5. The first-order valence-corrected chi connectivity index (χ1v) is 9.11. The van der Waals surface area contributed by atoms with Crippen LogP contribution >= 0.6 is 0 Å². The molecule has 2 N–H and O–H groups in total. The van der Waals surface area contributed by atoms with Gasteiger partial charge in [0.15, 0.2) is 11.5 Å². The third kappa shape index (κ3) is 5.71. The number of amides is 1. The molecule has 30 heavy (non-hydrogen) atoms. The molecular formula is C22H21N3O5. The van der Waals surface area contributed by atoms with Gasteiger partial charge in [-0.25, -0.2) is 10.2 Å². The lowest BCUT2D eigenvalue weighted by Gasteiger charge is -2.09. The lowest BCUT2D eigenvalue weighted by Crippen LogP contribution is -2.25. The van der Waals surface area contributed by atoms with Crippen molar-refractivity contribution in [2.24, 2.45) is 5.10 Å². The molecule has 3 aromatic rings. The predicted molar refractivity (Wildman–Crippen MR) is 112 cm³/mol. The van der Waals surface area contributed by atoms with Crippen LogP contribution in [-0.4, -0.2) is 31.7 Å². The number of hydrogen-bond acceptors (Lipinski definition) is 7. The Bertz CT molecular complexity index is 1030. The monoisotopic (exact) mass is 407 g/mol. The van der Waals surface area contributed by atoms with Gasteiger partial charge >= 0.3 is 5.97 Å². The number of esters is 1. The fraction of sp³-hybridized carbons (Fsp3) is 0.136. The van der Waals surface area contributed by atoms with Crippen molar-refractivity contribution in [2.45, 2.75) is 6.92 Å². The molecular weight excluding hydrogens is 386 g/mol. The molecule has 0 atom stereocenters. The SMILES string of the molecule is COc1cc(C=NNC(=O)CNc2ccc(C)cc2)ccc1OC(=O)c1ccco1. The van der Waals surface area contributed by atoms with E-state index in [1.165, 1.54) is 25.7 Å². The number of hydrazone groups is 1. The van der Waals surface area contributed by atoms with Crippen molar-refractivity contribution in [2.75, 3.05) is 19.0 Å². The Labute approximate surface area is 173 Å². The van der Waals surface area contributed by atoms with Gasteiger partial charge in [-0.2, -0.15) is 5.10 Å². The number of nitrogens with zero attached hydrogens (tertiary/aromatic N) is 1. The molecule has 1 aromatic heterocycles. The highest BCUT2D eigenvalue weighted by atomic mass is 16.6. The molecule has 0 saturated heterocycles. The summed E-state index contributed by atoms with van der Waals surface area (Å²) in [6.45, 7) is 2.08. The lowest BCUT2D eigenvalue weighted by atomic mass is 10.2. The summed E-state index contributed by atoms with van der Waals surface area (Å²) in [6, 6.07) is 15.7. The normalized spacial score (nSPS) is 10.6. The Morgan fingerprint density at radius 3 is 2.60 bits per heavy atom. The number of carbonyl (C=O) groups is 2. The number of carbonyl (C=O) groups excluding carboxylic acids is 2. The Kier molecular flexibility index (Phi) is 6.83. The standard InChI is InChI=1S/C22H21N3O5/c1-15-5-8-17(9-6-15)23-14-21(26)25-24-13-16-7-10-18(20(12-16)28-2)30-22(27)19-4-3-11-29-19/h3-13,23H,14H2,1-2H3,(H,25,26). The minimum atomic E-state index is -0.631. The number of anilines is 1. The Morgan fingerprint density at radius 2 is 1.90 bits per heavy atom. The first kappa shape index (κ1) is 20.7. The van der Waals surface area contributed by atoms with E-state index in [1.807, 2.05) is 31.2 Å². The smallest absolute Gasteiger partial charge is 0.379 e. The number of furan rings is 1. The van der Waals surface area contributed by atoms with Crippen LogP contribution < -0.4 is 20.2 Å². The molecule has 0 spiro atoms. The van der Waals surface area contributed by atoms with Gasteiger partial charge in [-0.15, -0.1) is 0 Å². The molecule has 8 nitrogen and oxygen atoms in total. The predicted octanol–water partition coefficient (Wildman–Crippen LogP) is 3.38. The molecule has 0 aliphatic heterocycles. The largest absolute Gasteiger partial charge is 0.493 e. The van der Waals surface area contributed by atoms with E-state index in [2.05, 4.69) is 15.8 Å². The van der Waals surface area contributed by atoms with Crippen molar-refractivity contribution >= 4 is 23.8 Å². The highest BCUT2D eigenvalue weighted by Gasteiger charge is 2.14. The van der Waals surface area contributed by atoms with E-state index in [-0.39, 0.29) is 24.0 Å². The van der Waals surface area contributed by atoms with E-state index in [0.29, 0.717) is 11.3 Å². The van der Waals surface area contributed by atoms with Gasteiger partial charge in [-0.05, 0) is 55.0 Å². The minimum Gasteiger partial charge on any atom is -0.493 e. The highest BCUT2D eigenvalue weighted by Crippen LogP contribution is 2.28. The van der Waals surface area contributed by atoms with Crippen molar-refractivity contribution < 1.29 is 23.5 Å². The molecule has 0 aliphatic carbocycles. The summed E-state index contributed by atoms with van der Waals surface area (Å²) in [7, 11) is 1.46. The summed E-state index contributed by atoms with van der Waals surface area (Å²) >= 11 is 0. The van der Waals surface area contributed by atoms with Gasteiger partial charge in [0.2, 0.25) is 5.76 Å². The average Bonchev–Trinajstić information content (AvgIpc) is 3.29. The molecule has 1 amide bonds. The van der Waals surface area contributed by atoms with Crippen molar-refractivity contribution in [3.63, 3.8) is 0 Å². The first-order valence-electron chi connectivity index (χ1n) is 9.11. The maximum atomic E-state index is 12.0. The van der Waals surface area contributed by atoms with Crippen LogP contribution in [0.3, 0.4) is 0 Å². The molecule has 154 valence electrons. The zero-order chi connectivity index (χ0) is 21.3. The number of hydrogen-bond donors (Lipinski definition) is 2. The van der Waals surface area contributed by atoms with Crippen LogP contribution in [0.5, 0.6) is 11.5 Å². The zero-order valence-corrected chi connectivity index (χ0v) is 16.5. The summed E-state index contributed by atoms with van der Waals surface area (Å²) in [5.74, 6) is -0.255. The van der Waals surface area contributed by atoms with Gasteiger partial charge in [-0.3, -0.25) is 4.79 Å². The van der Waals surface area contributed by atoms with E-state index in [9.17, 15) is 9.59 Å². The van der Waals surface area contributed by atoms with Gasteiger partial charge in [-0.1, -0.05) is 17.7 Å². The lowest BCUT2D eigenvalue weighted by molar-refractivity contribution is -0.119. The quantitative estimate of drug-likeness (QED) is 0.257. The summed E-state index contributed by atoms with van der Waals surface area (Å²) in [6.07, 6.45) is 2.85. The second kappa shape index (κ2) is 9.92. The molecule has 0 aliphatic rings. The molecule has 0 saturated carbocycles. The number of aryl methyl sites for hydroxylation is 1. The third-order valence-electron chi connectivity index (χ3n) is 4.02. The summed E-state index contributed by atoms with van der Waals surface area (Å²) < 4.78 is 15.6. The van der Waals surface area contributed by atoms with E-state index in [0.717, 1.165) is 11.3 Å². The Morgan fingerprint density at radius 1 is 1.10 bits per heavy atom. The van der Waals surface area contributed by atoms with Crippen molar-refractivity contribution in [1.29, 1.82) is 0 Å². The average molecular weight is 407 g/mol. The van der Waals surface area contributed by atoms with Crippen LogP contribution in [0, 0.1) is 6.92 Å². The number of benzene rings is 2. The summed E-state index contributed by atoms with van der Waals surface area (Å²) in [4.78, 5) is 23.9. The second-order valence-electron chi connectivity index (χ2n) is 6.29. The van der Waals surface area contributed by atoms with E-state index < -0.39 is 5.97 Å². The van der Waals surface area contributed by atoms with Gasteiger partial charge in [0.05, 0.1) is 26.1 Å². The second-order valence-corrected chi connectivity index (χ2v) is 6.29. The first-order chi connectivity index (χ1) is 14.5. The fourth-order valence-corrected chi connectivity index (χ4v) is 2.47. The van der Waals surface area contributed by atoms with Crippen LogP contribution in [0.1, 0.15) is 21.7 Å².